The first-order valence-electron chi connectivity index (χ1n) is 5.88. The molecule has 2 nitrogen and oxygen atoms in total. The van der Waals surface area contributed by atoms with Crippen molar-refractivity contribution in [3.8, 4) is 0 Å². The van der Waals surface area contributed by atoms with Crippen molar-refractivity contribution in [1.82, 2.24) is 4.57 Å². The molecule has 1 unspecified atom stereocenters. The minimum absolute atomic E-state index is 0.133. The van der Waals surface area contributed by atoms with E-state index in [1.165, 1.54) is 6.07 Å². The van der Waals surface area contributed by atoms with Gasteiger partial charge in [-0.2, -0.15) is 0 Å². The molecule has 18 heavy (non-hydrogen) atoms. The summed E-state index contributed by atoms with van der Waals surface area (Å²) in [4.78, 5) is 0. The van der Waals surface area contributed by atoms with Gasteiger partial charge in [-0.25, -0.2) is 4.39 Å². The first-order chi connectivity index (χ1) is 8.60. The lowest BCUT2D eigenvalue weighted by Gasteiger charge is -2.06. The smallest absolute Gasteiger partial charge is 0.141 e. The second kappa shape index (κ2) is 5.55. The maximum atomic E-state index is 13.0. The van der Waals surface area contributed by atoms with Crippen molar-refractivity contribution in [3.05, 3.63) is 58.6 Å². The fourth-order valence-electron chi connectivity index (χ4n) is 1.84. The number of aliphatic hydroxyl groups is 1. The van der Waals surface area contributed by atoms with Gasteiger partial charge >= 0.3 is 0 Å². The lowest BCUT2D eigenvalue weighted by molar-refractivity contribution is 0.173. The SMILES string of the molecule is CCC(O)c1ccn(Cc2ccc(F)c(Cl)c2)c1. The molecule has 2 rings (SSSR count). The van der Waals surface area contributed by atoms with Crippen LogP contribution in [-0.4, -0.2) is 9.67 Å². The standard InChI is InChI=1S/C14H15ClFNO/c1-2-14(18)11-5-6-17(9-11)8-10-3-4-13(16)12(15)7-10/h3-7,9,14,18H,2,8H2,1H3. The molecule has 2 aromatic rings. The first-order valence-corrected chi connectivity index (χ1v) is 6.25. The first kappa shape index (κ1) is 13.1. The van der Waals surface area contributed by atoms with Crippen LogP contribution < -0.4 is 0 Å². The summed E-state index contributed by atoms with van der Waals surface area (Å²) in [6.45, 7) is 2.54. The Kier molecular flexibility index (Phi) is 4.04. The number of nitrogens with zero attached hydrogens (tertiary/aromatic N) is 1. The molecular weight excluding hydrogens is 253 g/mol. The Morgan fingerprint density at radius 1 is 1.39 bits per heavy atom. The third kappa shape index (κ3) is 2.92. The zero-order chi connectivity index (χ0) is 13.1. The Balaban J connectivity index is 2.13. The van der Waals surface area contributed by atoms with E-state index in [2.05, 4.69) is 0 Å². The number of rotatable bonds is 4. The molecule has 0 spiro atoms. The molecule has 1 N–H and O–H groups in total. The third-order valence-electron chi connectivity index (χ3n) is 2.89. The van der Waals surface area contributed by atoms with Gasteiger partial charge in [0, 0.05) is 18.9 Å². The molecule has 1 aromatic carbocycles. The maximum absolute atomic E-state index is 13.0. The van der Waals surface area contributed by atoms with E-state index >= 15 is 0 Å². The van der Waals surface area contributed by atoms with Crippen LogP contribution in [0.25, 0.3) is 0 Å². The Bertz CT molecular complexity index is 538. The molecule has 0 saturated heterocycles. The molecule has 0 radical (unpaired) electrons. The summed E-state index contributed by atoms with van der Waals surface area (Å²) in [7, 11) is 0. The molecule has 1 atom stereocenters. The quantitative estimate of drug-likeness (QED) is 0.896. The summed E-state index contributed by atoms with van der Waals surface area (Å²) in [5.74, 6) is -0.407. The van der Waals surface area contributed by atoms with E-state index in [-0.39, 0.29) is 5.02 Å². The van der Waals surface area contributed by atoms with Gasteiger partial charge in [0.2, 0.25) is 0 Å². The number of aromatic nitrogens is 1. The van der Waals surface area contributed by atoms with Crippen LogP contribution in [0.4, 0.5) is 4.39 Å². The fraction of sp³-hybridized carbons (Fsp3) is 0.286. The number of hydrogen-bond donors (Lipinski definition) is 1. The summed E-state index contributed by atoms with van der Waals surface area (Å²) in [6, 6.07) is 6.58. The number of benzene rings is 1. The van der Waals surface area contributed by atoms with Crippen LogP contribution in [0.5, 0.6) is 0 Å². The summed E-state index contributed by atoms with van der Waals surface area (Å²) in [5.41, 5.74) is 1.82. The van der Waals surface area contributed by atoms with Crippen LogP contribution in [0.1, 0.15) is 30.6 Å². The van der Waals surface area contributed by atoms with Crippen molar-refractivity contribution >= 4 is 11.6 Å². The predicted molar refractivity (Wildman–Crippen MR) is 70.2 cm³/mol. The van der Waals surface area contributed by atoms with E-state index in [1.807, 2.05) is 30.0 Å². The molecular formula is C14H15ClFNO. The van der Waals surface area contributed by atoms with Crippen molar-refractivity contribution in [3.63, 3.8) is 0 Å². The molecule has 96 valence electrons. The lowest BCUT2D eigenvalue weighted by Crippen LogP contribution is -1.98. The normalized spacial score (nSPS) is 12.7. The Hall–Kier alpha value is -1.32. The highest BCUT2D eigenvalue weighted by atomic mass is 35.5. The minimum atomic E-state index is -0.428. The number of halogens is 2. The van der Waals surface area contributed by atoms with Gasteiger partial charge in [0.15, 0.2) is 0 Å². The Morgan fingerprint density at radius 2 is 2.17 bits per heavy atom. The van der Waals surface area contributed by atoms with E-state index in [1.54, 1.807) is 12.1 Å². The van der Waals surface area contributed by atoms with Crippen molar-refractivity contribution in [2.24, 2.45) is 0 Å². The van der Waals surface area contributed by atoms with Crippen molar-refractivity contribution < 1.29 is 9.50 Å². The zero-order valence-corrected chi connectivity index (χ0v) is 10.9. The van der Waals surface area contributed by atoms with Crippen LogP contribution in [0.2, 0.25) is 5.02 Å². The Labute approximate surface area is 111 Å². The molecule has 0 amide bonds. The zero-order valence-electron chi connectivity index (χ0n) is 10.1. The van der Waals surface area contributed by atoms with Gasteiger partial charge in [-0.3, -0.25) is 0 Å². The van der Waals surface area contributed by atoms with Crippen LogP contribution in [0, 0.1) is 5.82 Å². The summed E-state index contributed by atoms with van der Waals surface area (Å²) >= 11 is 5.73. The summed E-state index contributed by atoms with van der Waals surface area (Å²) in [5, 5.41) is 9.84. The minimum Gasteiger partial charge on any atom is -0.388 e. The molecule has 0 aliphatic carbocycles. The van der Waals surface area contributed by atoms with E-state index in [9.17, 15) is 9.50 Å². The van der Waals surface area contributed by atoms with Gasteiger partial charge in [0.25, 0.3) is 0 Å². The Morgan fingerprint density at radius 3 is 2.83 bits per heavy atom. The monoisotopic (exact) mass is 267 g/mol. The largest absolute Gasteiger partial charge is 0.388 e. The molecule has 0 fully saturated rings. The topological polar surface area (TPSA) is 25.2 Å². The van der Waals surface area contributed by atoms with Gasteiger partial charge in [-0.15, -0.1) is 0 Å². The average Bonchev–Trinajstić information content (AvgIpc) is 2.81. The van der Waals surface area contributed by atoms with Gasteiger partial charge in [0.05, 0.1) is 11.1 Å². The predicted octanol–water partition coefficient (Wildman–Crippen LogP) is 3.77. The number of hydrogen-bond acceptors (Lipinski definition) is 1. The highest BCUT2D eigenvalue weighted by Gasteiger charge is 2.07. The highest BCUT2D eigenvalue weighted by molar-refractivity contribution is 6.30. The molecule has 4 heteroatoms. The second-order valence-corrected chi connectivity index (χ2v) is 4.70. The van der Waals surface area contributed by atoms with Crippen molar-refractivity contribution in [2.75, 3.05) is 0 Å². The van der Waals surface area contributed by atoms with E-state index in [0.29, 0.717) is 13.0 Å². The van der Waals surface area contributed by atoms with Crippen LogP contribution >= 0.6 is 11.6 Å². The molecule has 1 heterocycles. The van der Waals surface area contributed by atoms with Gasteiger partial charge in [-0.05, 0) is 35.7 Å². The molecule has 0 saturated carbocycles. The van der Waals surface area contributed by atoms with Crippen molar-refractivity contribution in [1.29, 1.82) is 0 Å². The van der Waals surface area contributed by atoms with E-state index in [0.717, 1.165) is 11.1 Å². The molecule has 1 aromatic heterocycles. The lowest BCUT2D eigenvalue weighted by atomic mass is 10.1. The summed E-state index contributed by atoms with van der Waals surface area (Å²) in [6.07, 6.45) is 4.05. The van der Waals surface area contributed by atoms with E-state index < -0.39 is 11.9 Å². The molecule has 0 aliphatic heterocycles. The van der Waals surface area contributed by atoms with Gasteiger partial charge in [0.1, 0.15) is 5.82 Å². The van der Waals surface area contributed by atoms with Crippen LogP contribution in [0.15, 0.2) is 36.7 Å². The third-order valence-corrected chi connectivity index (χ3v) is 3.18. The number of aliphatic hydroxyl groups excluding tert-OH is 1. The second-order valence-electron chi connectivity index (χ2n) is 4.29. The van der Waals surface area contributed by atoms with Gasteiger partial charge in [-0.1, -0.05) is 24.6 Å². The molecule has 0 aliphatic rings. The maximum Gasteiger partial charge on any atom is 0.141 e. The fourth-order valence-corrected chi connectivity index (χ4v) is 2.04. The highest BCUT2D eigenvalue weighted by Crippen LogP contribution is 2.19. The van der Waals surface area contributed by atoms with Crippen LogP contribution in [-0.2, 0) is 6.54 Å². The molecule has 0 bridgehead atoms. The van der Waals surface area contributed by atoms with E-state index in [4.69, 9.17) is 11.6 Å². The average molecular weight is 268 g/mol. The van der Waals surface area contributed by atoms with Crippen LogP contribution in [0.3, 0.4) is 0 Å². The van der Waals surface area contributed by atoms with Gasteiger partial charge < -0.3 is 9.67 Å². The summed E-state index contributed by atoms with van der Waals surface area (Å²) < 4.78 is 15.0. The van der Waals surface area contributed by atoms with Crippen molar-refractivity contribution in [2.45, 2.75) is 26.0 Å².